The highest BCUT2D eigenvalue weighted by atomic mass is 79.9. The zero-order valence-corrected chi connectivity index (χ0v) is 11.7. The highest BCUT2D eigenvalue weighted by molar-refractivity contribution is 9.10. The van der Waals surface area contributed by atoms with Gasteiger partial charge in [-0.1, -0.05) is 29.8 Å². The Labute approximate surface area is 110 Å². The molecular formula is C12H14BrNOS. The van der Waals surface area contributed by atoms with Crippen molar-refractivity contribution in [2.24, 2.45) is 0 Å². The molecule has 0 amide bonds. The smallest absolute Gasteiger partial charge is 0.262 e. The normalized spacial score (nSPS) is 17.3. The summed E-state index contributed by atoms with van der Waals surface area (Å²) in [6.07, 6.45) is 1.82. The van der Waals surface area contributed by atoms with Gasteiger partial charge >= 0.3 is 0 Å². The Balaban J connectivity index is 2.59. The van der Waals surface area contributed by atoms with Gasteiger partial charge in [0.1, 0.15) is 5.60 Å². The van der Waals surface area contributed by atoms with Crippen LogP contribution in [0, 0.1) is 0 Å². The lowest BCUT2D eigenvalue weighted by Crippen LogP contribution is -2.38. The van der Waals surface area contributed by atoms with E-state index in [0.717, 1.165) is 23.0 Å². The Morgan fingerprint density at radius 1 is 1.38 bits per heavy atom. The Kier molecular flexibility index (Phi) is 3.22. The first-order valence-corrected chi connectivity index (χ1v) is 6.61. The van der Waals surface area contributed by atoms with Gasteiger partial charge in [0.2, 0.25) is 0 Å². The van der Waals surface area contributed by atoms with Crippen molar-refractivity contribution in [1.82, 2.24) is 0 Å². The van der Waals surface area contributed by atoms with E-state index in [0.29, 0.717) is 5.17 Å². The van der Waals surface area contributed by atoms with Crippen LogP contribution >= 0.6 is 28.1 Å². The van der Waals surface area contributed by atoms with E-state index in [-0.39, 0.29) is 5.60 Å². The van der Waals surface area contributed by atoms with Crippen LogP contribution in [-0.4, -0.2) is 5.17 Å². The summed E-state index contributed by atoms with van der Waals surface area (Å²) in [7, 11) is 0. The molecule has 0 unspecified atom stereocenters. The molecule has 0 saturated heterocycles. The second kappa shape index (κ2) is 4.34. The third-order valence-electron chi connectivity index (χ3n) is 3.14. The van der Waals surface area contributed by atoms with Gasteiger partial charge in [0, 0.05) is 15.7 Å². The molecule has 1 aliphatic heterocycles. The van der Waals surface area contributed by atoms with Crippen LogP contribution < -0.4 is 5.32 Å². The molecule has 1 aromatic rings. The molecule has 0 spiro atoms. The summed E-state index contributed by atoms with van der Waals surface area (Å²) < 4.78 is 6.92. The summed E-state index contributed by atoms with van der Waals surface area (Å²) in [5.74, 6) is 0. The maximum atomic E-state index is 5.85. The van der Waals surface area contributed by atoms with E-state index in [9.17, 15) is 0 Å². The Hall–Kier alpha value is -0.610. The van der Waals surface area contributed by atoms with Gasteiger partial charge in [0.25, 0.3) is 5.17 Å². The van der Waals surface area contributed by atoms with Crippen molar-refractivity contribution < 1.29 is 4.74 Å². The van der Waals surface area contributed by atoms with Crippen molar-refractivity contribution in [3.63, 3.8) is 0 Å². The first kappa shape index (κ1) is 11.9. The number of halogens is 1. The van der Waals surface area contributed by atoms with Crippen molar-refractivity contribution in [1.29, 1.82) is 0 Å². The number of nitrogens with one attached hydrogen (secondary N) is 1. The fourth-order valence-electron chi connectivity index (χ4n) is 2.15. The van der Waals surface area contributed by atoms with Crippen LogP contribution in [0.1, 0.15) is 32.3 Å². The van der Waals surface area contributed by atoms with Gasteiger partial charge in [-0.25, -0.2) is 0 Å². The molecular weight excluding hydrogens is 286 g/mol. The summed E-state index contributed by atoms with van der Waals surface area (Å²) in [6, 6.07) is 6.15. The van der Waals surface area contributed by atoms with Crippen molar-refractivity contribution in [3.8, 4) is 0 Å². The molecule has 0 bridgehead atoms. The lowest BCUT2D eigenvalue weighted by molar-refractivity contribution is 0.0440. The van der Waals surface area contributed by atoms with E-state index >= 15 is 0 Å². The maximum absolute atomic E-state index is 5.85. The van der Waals surface area contributed by atoms with Gasteiger partial charge in [-0.05, 0) is 43.3 Å². The standard InChI is InChI=1S/C12H14BrNOS/c1-3-12(4-2)9-7-8(13)5-6-10(9)14-11(16)15-12/h5-7H,3-4H2,1-2H3,(H,14,16). The minimum absolute atomic E-state index is 0.276. The van der Waals surface area contributed by atoms with Crippen molar-refractivity contribution in [3.05, 3.63) is 28.2 Å². The summed E-state index contributed by atoms with van der Waals surface area (Å²) in [4.78, 5) is 0. The Morgan fingerprint density at radius 3 is 2.69 bits per heavy atom. The van der Waals surface area contributed by atoms with E-state index < -0.39 is 0 Å². The quantitative estimate of drug-likeness (QED) is 0.827. The zero-order chi connectivity index (χ0) is 11.8. The number of ether oxygens (including phenoxy) is 1. The monoisotopic (exact) mass is 299 g/mol. The second-order valence-corrected chi connectivity index (χ2v) is 5.19. The molecule has 0 aliphatic carbocycles. The molecule has 1 N–H and O–H groups in total. The van der Waals surface area contributed by atoms with Crippen LogP contribution in [0.5, 0.6) is 0 Å². The van der Waals surface area contributed by atoms with Crippen LogP contribution in [0.4, 0.5) is 5.69 Å². The third-order valence-corrected chi connectivity index (χ3v) is 3.82. The maximum Gasteiger partial charge on any atom is 0.262 e. The largest absolute Gasteiger partial charge is 0.459 e. The average molecular weight is 300 g/mol. The Bertz CT molecular complexity index is 429. The lowest BCUT2D eigenvalue weighted by Gasteiger charge is -2.38. The van der Waals surface area contributed by atoms with Gasteiger partial charge in [0.15, 0.2) is 0 Å². The minimum Gasteiger partial charge on any atom is -0.459 e. The van der Waals surface area contributed by atoms with E-state index in [1.165, 1.54) is 5.56 Å². The van der Waals surface area contributed by atoms with Gasteiger partial charge in [0.05, 0.1) is 0 Å². The van der Waals surface area contributed by atoms with Gasteiger partial charge in [-0.2, -0.15) is 0 Å². The van der Waals surface area contributed by atoms with E-state index in [1.54, 1.807) is 0 Å². The van der Waals surface area contributed by atoms with Gasteiger partial charge in [-0.15, -0.1) is 0 Å². The fraction of sp³-hybridized carbons (Fsp3) is 0.417. The molecule has 16 heavy (non-hydrogen) atoms. The lowest BCUT2D eigenvalue weighted by atomic mass is 9.86. The SMILES string of the molecule is CCC1(CC)OC(=S)Nc2ccc(Br)cc21. The van der Waals surface area contributed by atoms with Crippen LogP contribution in [0.2, 0.25) is 0 Å². The molecule has 0 aromatic heterocycles. The van der Waals surface area contributed by atoms with E-state index in [2.05, 4.69) is 41.2 Å². The predicted molar refractivity (Wildman–Crippen MR) is 73.7 cm³/mol. The number of benzene rings is 1. The number of rotatable bonds is 2. The molecule has 2 nitrogen and oxygen atoms in total. The molecule has 2 rings (SSSR count). The highest BCUT2D eigenvalue weighted by Crippen LogP contribution is 2.42. The van der Waals surface area contributed by atoms with Crippen molar-refractivity contribution in [2.75, 3.05) is 5.32 Å². The molecule has 0 fully saturated rings. The third kappa shape index (κ3) is 1.84. The Morgan fingerprint density at radius 2 is 2.06 bits per heavy atom. The van der Waals surface area contributed by atoms with Crippen LogP contribution in [0.15, 0.2) is 22.7 Å². The van der Waals surface area contributed by atoms with E-state index in [1.807, 2.05) is 12.1 Å². The van der Waals surface area contributed by atoms with Gasteiger partial charge < -0.3 is 10.1 Å². The molecule has 1 aromatic carbocycles. The zero-order valence-electron chi connectivity index (χ0n) is 9.34. The molecule has 0 radical (unpaired) electrons. The number of hydrogen-bond acceptors (Lipinski definition) is 2. The first-order chi connectivity index (χ1) is 7.61. The number of thiocarbonyl (C=S) groups is 1. The van der Waals surface area contributed by atoms with Gasteiger partial charge in [-0.3, -0.25) is 0 Å². The molecule has 1 heterocycles. The van der Waals surface area contributed by atoms with Crippen molar-refractivity contribution >= 4 is 39.0 Å². The number of anilines is 1. The minimum atomic E-state index is -0.276. The number of hydrogen-bond donors (Lipinski definition) is 1. The molecule has 0 atom stereocenters. The fourth-order valence-corrected chi connectivity index (χ4v) is 2.78. The van der Waals surface area contributed by atoms with Crippen LogP contribution in [0.3, 0.4) is 0 Å². The predicted octanol–water partition coefficient (Wildman–Crippen LogP) is 4.19. The topological polar surface area (TPSA) is 21.3 Å². The second-order valence-electron chi connectivity index (χ2n) is 3.91. The summed E-state index contributed by atoms with van der Waals surface area (Å²) in [5, 5.41) is 3.57. The van der Waals surface area contributed by atoms with Crippen LogP contribution in [-0.2, 0) is 10.3 Å². The molecule has 86 valence electrons. The molecule has 1 aliphatic rings. The average Bonchev–Trinajstić information content (AvgIpc) is 2.28. The van der Waals surface area contributed by atoms with Crippen LogP contribution in [0.25, 0.3) is 0 Å². The number of fused-ring (bicyclic) bond motifs is 1. The molecule has 4 heteroatoms. The first-order valence-electron chi connectivity index (χ1n) is 5.41. The summed E-state index contributed by atoms with van der Waals surface area (Å²) in [6.45, 7) is 4.25. The van der Waals surface area contributed by atoms with E-state index in [4.69, 9.17) is 17.0 Å². The summed E-state index contributed by atoms with van der Waals surface area (Å²) >= 11 is 8.65. The highest BCUT2D eigenvalue weighted by Gasteiger charge is 2.37. The summed E-state index contributed by atoms with van der Waals surface area (Å²) in [5.41, 5.74) is 1.96. The molecule has 0 saturated carbocycles. The van der Waals surface area contributed by atoms with Crippen molar-refractivity contribution in [2.45, 2.75) is 32.3 Å².